The molecule has 1 aromatic rings. The van der Waals surface area contributed by atoms with Crippen molar-refractivity contribution >= 4 is 5.96 Å². The van der Waals surface area contributed by atoms with Crippen LogP contribution in [0.1, 0.15) is 52.5 Å². The van der Waals surface area contributed by atoms with Crippen LogP contribution in [0.15, 0.2) is 17.4 Å². The Morgan fingerprint density at radius 3 is 2.68 bits per heavy atom. The van der Waals surface area contributed by atoms with Gasteiger partial charge in [0.1, 0.15) is 0 Å². The second-order valence-corrected chi connectivity index (χ2v) is 6.41. The van der Waals surface area contributed by atoms with Crippen LogP contribution in [0.4, 0.5) is 0 Å². The molecule has 0 saturated heterocycles. The van der Waals surface area contributed by atoms with Crippen molar-refractivity contribution in [1.29, 1.82) is 0 Å². The monoisotopic (exact) mass is 307 g/mol. The SMILES string of the molecule is CCNC(=NCCCn1cc(C)cn1)NC(C)CCC(C)C. The lowest BCUT2D eigenvalue weighted by molar-refractivity contribution is 0.488. The number of nitrogens with one attached hydrogen (secondary N) is 2. The van der Waals surface area contributed by atoms with Crippen LogP contribution in [0.25, 0.3) is 0 Å². The summed E-state index contributed by atoms with van der Waals surface area (Å²) in [6.07, 6.45) is 7.38. The molecule has 0 aliphatic rings. The molecule has 0 fully saturated rings. The van der Waals surface area contributed by atoms with E-state index in [2.05, 4.69) is 61.5 Å². The van der Waals surface area contributed by atoms with Gasteiger partial charge >= 0.3 is 0 Å². The molecule has 0 aliphatic carbocycles. The molecule has 0 aliphatic heterocycles. The number of nitrogens with zero attached hydrogens (tertiary/aromatic N) is 3. The lowest BCUT2D eigenvalue weighted by Gasteiger charge is -2.18. The minimum absolute atomic E-state index is 0.453. The standard InChI is InChI=1S/C17H33N5/c1-6-18-17(21-16(5)9-8-14(2)3)19-10-7-11-22-13-15(4)12-20-22/h12-14,16H,6-11H2,1-5H3,(H2,18,19,21). The van der Waals surface area contributed by atoms with Crippen molar-refractivity contribution in [2.24, 2.45) is 10.9 Å². The molecule has 126 valence electrons. The van der Waals surface area contributed by atoms with Gasteiger partial charge in [0, 0.05) is 31.9 Å². The predicted molar refractivity (Wildman–Crippen MR) is 94.2 cm³/mol. The fourth-order valence-electron chi connectivity index (χ4n) is 2.22. The molecule has 2 N–H and O–H groups in total. The van der Waals surface area contributed by atoms with Gasteiger partial charge < -0.3 is 10.6 Å². The van der Waals surface area contributed by atoms with Crippen molar-refractivity contribution in [3.8, 4) is 0 Å². The summed E-state index contributed by atoms with van der Waals surface area (Å²) in [6.45, 7) is 13.5. The van der Waals surface area contributed by atoms with Crippen molar-refractivity contribution in [3.63, 3.8) is 0 Å². The topological polar surface area (TPSA) is 54.2 Å². The summed E-state index contributed by atoms with van der Waals surface area (Å²) in [5.41, 5.74) is 1.21. The quantitative estimate of drug-likeness (QED) is 0.419. The maximum atomic E-state index is 4.66. The Labute approximate surface area is 135 Å². The Kier molecular flexibility index (Phi) is 8.63. The number of aliphatic imine (C=N–C) groups is 1. The molecule has 0 amide bonds. The number of hydrogen-bond acceptors (Lipinski definition) is 2. The highest BCUT2D eigenvalue weighted by atomic mass is 15.3. The van der Waals surface area contributed by atoms with E-state index in [1.807, 2.05) is 10.9 Å². The molecule has 1 atom stereocenters. The summed E-state index contributed by atoms with van der Waals surface area (Å²) in [5, 5.41) is 11.1. The number of aromatic nitrogens is 2. The maximum absolute atomic E-state index is 4.66. The van der Waals surface area contributed by atoms with E-state index in [-0.39, 0.29) is 0 Å². The van der Waals surface area contributed by atoms with Crippen molar-refractivity contribution in [1.82, 2.24) is 20.4 Å². The normalized spacial score (nSPS) is 13.5. The molecular formula is C17H33N5. The third kappa shape index (κ3) is 8.05. The van der Waals surface area contributed by atoms with Gasteiger partial charge in [0.05, 0.1) is 6.20 Å². The Morgan fingerprint density at radius 1 is 1.32 bits per heavy atom. The Hall–Kier alpha value is -1.52. The molecule has 5 nitrogen and oxygen atoms in total. The average Bonchev–Trinajstić information content (AvgIpc) is 2.87. The van der Waals surface area contributed by atoms with Gasteiger partial charge in [-0.15, -0.1) is 0 Å². The third-order valence-corrected chi connectivity index (χ3v) is 3.48. The summed E-state index contributed by atoms with van der Waals surface area (Å²) >= 11 is 0. The highest BCUT2D eigenvalue weighted by Gasteiger charge is 2.06. The number of aryl methyl sites for hydroxylation is 2. The maximum Gasteiger partial charge on any atom is 0.191 e. The predicted octanol–water partition coefficient (Wildman–Crippen LogP) is 2.96. The summed E-state index contributed by atoms with van der Waals surface area (Å²) in [4.78, 5) is 4.66. The fraction of sp³-hybridized carbons (Fsp3) is 0.765. The Bertz CT molecular complexity index is 436. The average molecular weight is 307 g/mol. The zero-order chi connectivity index (χ0) is 16.4. The third-order valence-electron chi connectivity index (χ3n) is 3.48. The van der Waals surface area contributed by atoms with Crippen LogP contribution in [-0.2, 0) is 6.54 Å². The van der Waals surface area contributed by atoms with E-state index in [4.69, 9.17) is 0 Å². The van der Waals surface area contributed by atoms with Gasteiger partial charge in [0.25, 0.3) is 0 Å². The summed E-state index contributed by atoms with van der Waals surface area (Å²) in [7, 11) is 0. The molecular weight excluding hydrogens is 274 g/mol. The molecule has 1 unspecified atom stereocenters. The number of rotatable bonds is 9. The van der Waals surface area contributed by atoms with Gasteiger partial charge in [0.2, 0.25) is 0 Å². The largest absolute Gasteiger partial charge is 0.357 e. The summed E-state index contributed by atoms with van der Waals surface area (Å²) in [6, 6.07) is 0.453. The summed E-state index contributed by atoms with van der Waals surface area (Å²) < 4.78 is 1.98. The van der Waals surface area contributed by atoms with E-state index in [0.717, 1.165) is 37.9 Å². The van der Waals surface area contributed by atoms with Crippen molar-refractivity contribution in [2.45, 2.75) is 66.5 Å². The van der Waals surface area contributed by atoms with E-state index in [1.165, 1.54) is 18.4 Å². The first-order valence-corrected chi connectivity index (χ1v) is 8.55. The fourth-order valence-corrected chi connectivity index (χ4v) is 2.22. The first-order chi connectivity index (χ1) is 10.5. The Balaban J connectivity index is 2.34. The van der Waals surface area contributed by atoms with E-state index in [1.54, 1.807) is 0 Å². The molecule has 0 aromatic carbocycles. The lowest BCUT2D eigenvalue weighted by Crippen LogP contribution is -2.42. The van der Waals surface area contributed by atoms with Crippen LogP contribution in [0, 0.1) is 12.8 Å². The first kappa shape index (κ1) is 18.5. The zero-order valence-corrected chi connectivity index (χ0v) is 14.9. The minimum Gasteiger partial charge on any atom is -0.357 e. The van der Waals surface area contributed by atoms with Crippen molar-refractivity contribution in [2.75, 3.05) is 13.1 Å². The Morgan fingerprint density at radius 2 is 2.09 bits per heavy atom. The van der Waals surface area contributed by atoms with Gasteiger partial charge in [-0.05, 0) is 51.5 Å². The molecule has 1 heterocycles. The van der Waals surface area contributed by atoms with Gasteiger partial charge in [0.15, 0.2) is 5.96 Å². The number of hydrogen-bond donors (Lipinski definition) is 2. The first-order valence-electron chi connectivity index (χ1n) is 8.55. The van der Waals surface area contributed by atoms with Crippen LogP contribution < -0.4 is 10.6 Å². The van der Waals surface area contributed by atoms with Crippen molar-refractivity contribution in [3.05, 3.63) is 18.0 Å². The van der Waals surface area contributed by atoms with Crippen LogP contribution in [0.2, 0.25) is 0 Å². The highest BCUT2D eigenvalue weighted by molar-refractivity contribution is 5.79. The van der Waals surface area contributed by atoms with E-state index >= 15 is 0 Å². The van der Waals surface area contributed by atoms with Crippen LogP contribution in [-0.4, -0.2) is 34.9 Å². The molecule has 1 rings (SSSR count). The van der Waals surface area contributed by atoms with E-state index < -0.39 is 0 Å². The van der Waals surface area contributed by atoms with Crippen LogP contribution in [0.5, 0.6) is 0 Å². The van der Waals surface area contributed by atoms with Gasteiger partial charge in [-0.25, -0.2) is 0 Å². The molecule has 22 heavy (non-hydrogen) atoms. The number of guanidine groups is 1. The minimum atomic E-state index is 0.453. The second kappa shape index (κ2) is 10.2. The summed E-state index contributed by atoms with van der Waals surface area (Å²) in [5.74, 6) is 1.68. The molecule has 1 aromatic heterocycles. The molecule has 5 heteroatoms. The van der Waals surface area contributed by atoms with Gasteiger partial charge in [-0.3, -0.25) is 9.67 Å². The van der Waals surface area contributed by atoms with Gasteiger partial charge in [-0.2, -0.15) is 5.10 Å². The smallest absolute Gasteiger partial charge is 0.191 e. The van der Waals surface area contributed by atoms with Gasteiger partial charge in [-0.1, -0.05) is 13.8 Å². The van der Waals surface area contributed by atoms with E-state index in [0.29, 0.717) is 6.04 Å². The van der Waals surface area contributed by atoms with E-state index in [9.17, 15) is 0 Å². The van der Waals surface area contributed by atoms with Crippen LogP contribution in [0.3, 0.4) is 0 Å². The molecule has 0 radical (unpaired) electrons. The second-order valence-electron chi connectivity index (χ2n) is 6.41. The molecule has 0 saturated carbocycles. The van der Waals surface area contributed by atoms with Crippen molar-refractivity contribution < 1.29 is 0 Å². The molecule has 0 spiro atoms. The lowest BCUT2D eigenvalue weighted by atomic mass is 10.0. The highest BCUT2D eigenvalue weighted by Crippen LogP contribution is 2.06. The van der Waals surface area contributed by atoms with Crippen LogP contribution >= 0.6 is 0 Å². The molecule has 0 bridgehead atoms. The zero-order valence-electron chi connectivity index (χ0n) is 14.9.